The maximum Gasteiger partial charge on any atom is 0.161 e. The molecule has 1 aromatic heterocycles. The topological polar surface area (TPSA) is 57.5 Å². The third kappa shape index (κ3) is 2.91. The van der Waals surface area contributed by atoms with Gasteiger partial charge in [-0.3, -0.25) is 4.68 Å². The smallest absolute Gasteiger partial charge is 0.161 e. The number of hydrogen-bond acceptors (Lipinski definition) is 5. The number of nitrogens with one attached hydrogen (secondary N) is 1. The Morgan fingerprint density at radius 3 is 2.79 bits per heavy atom. The van der Waals surface area contributed by atoms with Crippen molar-refractivity contribution in [3.63, 3.8) is 0 Å². The van der Waals surface area contributed by atoms with Crippen LogP contribution >= 0.6 is 0 Å². The average molecular weight is 269 g/mol. The highest BCUT2D eigenvalue weighted by molar-refractivity contribution is 5.29. The SMILES string of the molecule is CNC(c1c(OC)cnn1C(C)C)C1COCCO1. The molecule has 2 atom stereocenters. The number of rotatable bonds is 5. The molecule has 19 heavy (non-hydrogen) atoms. The molecule has 1 aliphatic heterocycles. The summed E-state index contributed by atoms with van der Waals surface area (Å²) in [5.41, 5.74) is 1.01. The normalized spacial score (nSPS) is 21.6. The quantitative estimate of drug-likeness (QED) is 0.869. The fraction of sp³-hybridized carbons (Fsp3) is 0.769. The summed E-state index contributed by atoms with van der Waals surface area (Å²) in [6, 6.07) is 0.263. The molecule has 2 rings (SSSR count). The van der Waals surface area contributed by atoms with Crippen molar-refractivity contribution in [3.8, 4) is 5.75 Å². The summed E-state index contributed by atoms with van der Waals surface area (Å²) in [7, 11) is 3.58. The van der Waals surface area contributed by atoms with E-state index in [0.29, 0.717) is 19.8 Å². The van der Waals surface area contributed by atoms with Crippen LogP contribution < -0.4 is 10.1 Å². The molecular formula is C13H23N3O3. The van der Waals surface area contributed by atoms with Gasteiger partial charge in [0.05, 0.1) is 39.2 Å². The Labute approximate surface area is 114 Å². The van der Waals surface area contributed by atoms with Crippen molar-refractivity contribution in [2.24, 2.45) is 0 Å². The third-order valence-corrected chi connectivity index (χ3v) is 3.33. The van der Waals surface area contributed by atoms with Crippen LogP contribution in [0.25, 0.3) is 0 Å². The summed E-state index contributed by atoms with van der Waals surface area (Å²) < 4.78 is 18.7. The molecule has 0 spiro atoms. The van der Waals surface area contributed by atoms with Gasteiger partial charge < -0.3 is 19.5 Å². The molecule has 0 amide bonds. The molecule has 0 bridgehead atoms. The molecule has 0 radical (unpaired) electrons. The molecular weight excluding hydrogens is 246 g/mol. The highest BCUT2D eigenvalue weighted by Crippen LogP contribution is 2.31. The first-order valence-electron chi connectivity index (χ1n) is 6.67. The Bertz CT molecular complexity index is 400. The zero-order valence-electron chi connectivity index (χ0n) is 12.0. The summed E-state index contributed by atoms with van der Waals surface area (Å²) in [4.78, 5) is 0. The summed E-state index contributed by atoms with van der Waals surface area (Å²) in [6.07, 6.45) is 1.73. The van der Waals surface area contributed by atoms with Gasteiger partial charge in [-0.1, -0.05) is 0 Å². The van der Waals surface area contributed by atoms with Crippen LogP contribution in [0.5, 0.6) is 5.75 Å². The summed E-state index contributed by atoms with van der Waals surface area (Å²) in [5, 5.41) is 7.70. The Balaban J connectivity index is 2.32. The van der Waals surface area contributed by atoms with Crippen molar-refractivity contribution in [1.82, 2.24) is 15.1 Å². The van der Waals surface area contributed by atoms with E-state index in [0.717, 1.165) is 11.4 Å². The minimum absolute atomic E-state index is 0.000139. The van der Waals surface area contributed by atoms with Gasteiger partial charge in [0.1, 0.15) is 11.8 Å². The van der Waals surface area contributed by atoms with Gasteiger partial charge >= 0.3 is 0 Å². The molecule has 108 valence electrons. The van der Waals surface area contributed by atoms with Gasteiger partial charge in [-0.05, 0) is 20.9 Å². The maximum absolute atomic E-state index is 5.80. The lowest BCUT2D eigenvalue weighted by atomic mass is 10.1. The zero-order valence-corrected chi connectivity index (χ0v) is 12.0. The number of hydrogen-bond donors (Lipinski definition) is 1. The minimum Gasteiger partial charge on any atom is -0.493 e. The van der Waals surface area contributed by atoms with Crippen molar-refractivity contribution in [3.05, 3.63) is 11.9 Å². The lowest BCUT2D eigenvalue weighted by Crippen LogP contribution is -2.40. The molecule has 1 aromatic rings. The molecule has 0 aliphatic carbocycles. The Hall–Kier alpha value is -1.11. The van der Waals surface area contributed by atoms with Crippen molar-refractivity contribution in [2.45, 2.75) is 32.0 Å². The van der Waals surface area contributed by atoms with E-state index in [9.17, 15) is 0 Å². The van der Waals surface area contributed by atoms with Crippen LogP contribution in [0.15, 0.2) is 6.20 Å². The maximum atomic E-state index is 5.80. The Morgan fingerprint density at radius 1 is 1.47 bits per heavy atom. The van der Waals surface area contributed by atoms with Gasteiger partial charge in [-0.15, -0.1) is 0 Å². The molecule has 1 saturated heterocycles. The van der Waals surface area contributed by atoms with Gasteiger partial charge in [-0.25, -0.2) is 0 Å². The lowest BCUT2D eigenvalue weighted by Gasteiger charge is -2.31. The van der Waals surface area contributed by atoms with Gasteiger partial charge in [0.2, 0.25) is 0 Å². The van der Waals surface area contributed by atoms with Crippen LogP contribution in [0.2, 0.25) is 0 Å². The second-order valence-electron chi connectivity index (χ2n) is 4.89. The first-order valence-corrected chi connectivity index (χ1v) is 6.67. The van der Waals surface area contributed by atoms with Gasteiger partial charge in [-0.2, -0.15) is 5.10 Å². The van der Waals surface area contributed by atoms with E-state index in [2.05, 4.69) is 24.3 Å². The second-order valence-corrected chi connectivity index (χ2v) is 4.89. The van der Waals surface area contributed by atoms with Crippen LogP contribution in [0, 0.1) is 0 Å². The number of ether oxygens (including phenoxy) is 3. The largest absolute Gasteiger partial charge is 0.493 e. The second kappa shape index (κ2) is 6.36. The fourth-order valence-corrected chi connectivity index (χ4v) is 2.42. The van der Waals surface area contributed by atoms with Gasteiger partial charge in [0.15, 0.2) is 5.75 Å². The first kappa shape index (κ1) is 14.3. The summed E-state index contributed by atoms with van der Waals surface area (Å²) >= 11 is 0. The predicted molar refractivity (Wildman–Crippen MR) is 71.5 cm³/mol. The number of methoxy groups -OCH3 is 1. The van der Waals surface area contributed by atoms with E-state index in [1.165, 1.54) is 0 Å². The first-order chi connectivity index (χ1) is 9.19. The van der Waals surface area contributed by atoms with Gasteiger partial charge in [0.25, 0.3) is 0 Å². The molecule has 0 aromatic carbocycles. The van der Waals surface area contributed by atoms with E-state index in [4.69, 9.17) is 14.2 Å². The van der Waals surface area contributed by atoms with E-state index in [-0.39, 0.29) is 18.2 Å². The third-order valence-electron chi connectivity index (χ3n) is 3.33. The van der Waals surface area contributed by atoms with E-state index >= 15 is 0 Å². The monoisotopic (exact) mass is 269 g/mol. The molecule has 2 unspecified atom stereocenters. The average Bonchev–Trinajstić information content (AvgIpc) is 2.85. The van der Waals surface area contributed by atoms with Crippen molar-refractivity contribution in [2.75, 3.05) is 34.0 Å². The standard InChI is InChI=1S/C13H23N3O3/c1-9(2)16-13(10(17-4)7-15-16)12(14-3)11-8-18-5-6-19-11/h7,9,11-12,14H,5-6,8H2,1-4H3. The van der Waals surface area contributed by atoms with Crippen LogP contribution in [0.1, 0.15) is 31.6 Å². The van der Waals surface area contributed by atoms with Crippen LogP contribution in [-0.2, 0) is 9.47 Å². The summed E-state index contributed by atoms with van der Waals surface area (Å²) in [5.74, 6) is 0.780. The highest BCUT2D eigenvalue weighted by atomic mass is 16.6. The van der Waals surface area contributed by atoms with Crippen molar-refractivity contribution in [1.29, 1.82) is 0 Å². The number of nitrogens with zero attached hydrogens (tertiary/aromatic N) is 2. The van der Waals surface area contributed by atoms with Gasteiger partial charge in [0, 0.05) is 6.04 Å². The molecule has 6 nitrogen and oxygen atoms in total. The zero-order chi connectivity index (χ0) is 13.8. The Kier molecular flexibility index (Phi) is 4.79. The number of likely N-dealkylation sites (N-methyl/N-ethyl adjacent to an activating group) is 1. The molecule has 1 aliphatic rings. The van der Waals surface area contributed by atoms with Crippen molar-refractivity contribution >= 4 is 0 Å². The van der Waals surface area contributed by atoms with Crippen LogP contribution in [-0.4, -0.2) is 49.9 Å². The molecule has 2 heterocycles. The van der Waals surface area contributed by atoms with E-state index in [1.54, 1.807) is 13.3 Å². The van der Waals surface area contributed by atoms with E-state index < -0.39 is 0 Å². The molecule has 1 N–H and O–H groups in total. The van der Waals surface area contributed by atoms with Crippen LogP contribution in [0.3, 0.4) is 0 Å². The molecule has 0 saturated carbocycles. The minimum atomic E-state index is -0.0261. The fourth-order valence-electron chi connectivity index (χ4n) is 2.42. The lowest BCUT2D eigenvalue weighted by molar-refractivity contribution is -0.102. The molecule has 1 fully saturated rings. The Morgan fingerprint density at radius 2 is 2.26 bits per heavy atom. The van der Waals surface area contributed by atoms with Crippen LogP contribution in [0.4, 0.5) is 0 Å². The number of aromatic nitrogens is 2. The molecule has 6 heteroatoms. The van der Waals surface area contributed by atoms with Crippen molar-refractivity contribution < 1.29 is 14.2 Å². The summed E-state index contributed by atoms with van der Waals surface area (Å²) in [6.45, 7) is 6.06. The highest BCUT2D eigenvalue weighted by Gasteiger charge is 2.31. The predicted octanol–water partition coefficient (Wildman–Crippen LogP) is 1.15. The van der Waals surface area contributed by atoms with E-state index in [1.807, 2.05) is 11.7 Å².